The average Bonchev–Trinajstić information content (AvgIpc) is 3.28. The van der Waals surface area contributed by atoms with Gasteiger partial charge in [0.1, 0.15) is 0 Å². The second kappa shape index (κ2) is 57.9. The van der Waals surface area contributed by atoms with Gasteiger partial charge in [-0.2, -0.15) is 0 Å². The molecule has 67 heavy (non-hydrogen) atoms. The molecule has 11 heteroatoms. The predicted octanol–water partition coefficient (Wildman–Crippen LogP) is 18.6. The summed E-state index contributed by atoms with van der Waals surface area (Å²) in [6, 6.07) is 0. The third-order valence-electron chi connectivity index (χ3n) is 13.8. The van der Waals surface area contributed by atoms with Gasteiger partial charge in [-0.25, -0.2) is 16.8 Å². The molecule has 0 aliphatic rings. The van der Waals surface area contributed by atoms with Crippen molar-refractivity contribution in [3.63, 3.8) is 0 Å². The summed E-state index contributed by atoms with van der Waals surface area (Å²) in [5.74, 6) is 0.401. The third kappa shape index (κ3) is 67.0. The summed E-state index contributed by atoms with van der Waals surface area (Å²) >= 11 is 0. The molecule has 0 heterocycles. The molecular weight excluding hydrogens is 905 g/mol. The Kier molecular flexibility index (Phi) is 62.4. The minimum Gasteiger partial charge on any atom is -0.726 e. The van der Waals surface area contributed by atoms with Crippen LogP contribution in [0.5, 0.6) is 0 Å². The van der Waals surface area contributed by atoms with Gasteiger partial charge in [0, 0.05) is 0 Å². The van der Waals surface area contributed by atoms with E-state index in [0.29, 0.717) is 0 Å². The van der Waals surface area contributed by atoms with E-state index in [2.05, 4.69) is 36.1 Å². The summed E-state index contributed by atoms with van der Waals surface area (Å²) in [5.41, 5.74) is 0. The molecule has 2 unspecified atom stereocenters. The van der Waals surface area contributed by atoms with E-state index >= 15 is 0 Å². The van der Waals surface area contributed by atoms with Crippen LogP contribution in [0, 0.1) is 11.8 Å². The molecule has 0 aromatic heterocycles. The fourth-order valence-corrected chi connectivity index (χ4v) is 10.1. The first-order valence-corrected chi connectivity index (χ1v) is 31.9. The standard InChI is InChI=1S/2C28H58O4S.Ca/c2*1-3-5-7-9-11-12-13-14-15-16-17-18-19-20-22-24-26-28(27-32-33(29,30)31)25-23-21-10-8-6-4-2;/h2*28H,3-27H2,1-2H3,(H,29,30,31);/q;;+2/p-2. The van der Waals surface area contributed by atoms with Crippen molar-refractivity contribution in [1.82, 2.24) is 0 Å². The fraction of sp³-hybridized carbons (Fsp3) is 1.00. The Morgan fingerprint density at radius 1 is 0.269 bits per heavy atom. The largest absolute Gasteiger partial charge is 2.00 e. The van der Waals surface area contributed by atoms with Crippen LogP contribution in [0.15, 0.2) is 0 Å². The molecule has 0 amide bonds. The van der Waals surface area contributed by atoms with Gasteiger partial charge in [0.25, 0.3) is 0 Å². The second-order valence-electron chi connectivity index (χ2n) is 20.4. The van der Waals surface area contributed by atoms with E-state index in [1.165, 1.54) is 257 Å². The minimum absolute atomic E-state index is 0. The van der Waals surface area contributed by atoms with Crippen molar-refractivity contribution in [3.8, 4) is 0 Å². The van der Waals surface area contributed by atoms with Crippen LogP contribution in [-0.4, -0.2) is 76.9 Å². The van der Waals surface area contributed by atoms with E-state index < -0.39 is 20.8 Å². The van der Waals surface area contributed by atoms with Crippen LogP contribution in [-0.2, 0) is 29.2 Å². The molecule has 0 bridgehead atoms. The molecule has 0 N–H and O–H groups in total. The average molecular weight is 1020 g/mol. The quantitative estimate of drug-likeness (QED) is 0.0255. The Balaban J connectivity index is -0.00000120. The van der Waals surface area contributed by atoms with Crippen molar-refractivity contribution < 1.29 is 34.3 Å². The van der Waals surface area contributed by atoms with E-state index in [9.17, 15) is 25.9 Å². The molecule has 0 aliphatic carbocycles. The van der Waals surface area contributed by atoms with Crippen LogP contribution in [0.3, 0.4) is 0 Å². The monoisotopic (exact) mass is 1020 g/mol. The Morgan fingerprint density at radius 2 is 0.403 bits per heavy atom. The van der Waals surface area contributed by atoms with E-state index in [1.807, 2.05) is 0 Å². The van der Waals surface area contributed by atoms with Crippen LogP contribution in [0.25, 0.3) is 0 Å². The minimum atomic E-state index is -4.57. The first-order valence-electron chi connectivity index (χ1n) is 29.2. The second-order valence-corrected chi connectivity index (χ2v) is 22.5. The van der Waals surface area contributed by atoms with Gasteiger partial charge in [-0.05, 0) is 37.5 Å². The Hall–Kier alpha value is 1.000. The zero-order chi connectivity index (χ0) is 48.9. The maximum absolute atomic E-state index is 10.8. The molecule has 400 valence electrons. The topological polar surface area (TPSA) is 133 Å². The van der Waals surface area contributed by atoms with E-state index in [1.54, 1.807) is 0 Å². The van der Waals surface area contributed by atoms with Crippen molar-refractivity contribution in [2.75, 3.05) is 13.2 Å². The van der Waals surface area contributed by atoms with Crippen LogP contribution in [0.4, 0.5) is 0 Å². The number of hydrogen-bond acceptors (Lipinski definition) is 8. The summed E-state index contributed by atoms with van der Waals surface area (Å²) in [4.78, 5) is 0. The number of unbranched alkanes of at least 4 members (excludes halogenated alkanes) is 40. The van der Waals surface area contributed by atoms with E-state index in [0.717, 1.165) is 51.4 Å². The van der Waals surface area contributed by atoms with Gasteiger partial charge in [0.05, 0.1) is 13.2 Å². The van der Waals surface area contributed by atoms with Crippen LogP contribution in [0.2, 0.25) is 0 Å². The van der Waals surface area contributed by atoms with Gasteiger partial charge in [-0.3, -0.25) is 8.37 Å². The zero-order valence-electron chi connectivity index (χ0n) is 45.3. The summed E-state index contributed by atoms with van der Waals surface area (Å²) in [5, 5.41) is 0. The molecule has 0 aromatic rings. The number of rotatable bonds is 54. The van der Waals surface area contributed by atoms with Crippen molar-refractivity contribution in [2.24, 2.45) is 11.8 Å². The van der Waals surface area contributed by atoms with Gasteiger partial charge in [0.2, 0.25) is 20.8 Å². The van der Waals surface area contributed by atoms with Crippen LogP contribution >= 0.6 is 0 Å². The van der Waals surface area contributed by atoms with Crippen molar-refractivity contribution in [2.45, 2.75) is 336 Å². The predicted molar refractivity (Wildman–Crippen MR) is 288 cm³/mol. The Morgan fingerprint density at radius 3 is 0.537 bits per heavy atom. The SMILES string of the molecule is CCCCCCCCCCCCCCCCCCC(CCCCCCCC)COS(=O)(=O)[O-].CCCCCCCCCCCCCCCCCCC(CCCCCCCC)COS(=O)(=O)[O-].[Ca+2]. The molecule has 0 saturated heterocycles. The molecule has 0 fully saturated rings. The molecule has 0 radical (unpaired) electrons. The maximum Gasteiger partial charge on any atom is 2.00 e. The Bertz CT molecular complexity index is 1050. The van der Waals surface area contributed by atoms with Gasteiger partial charge in [-0.15, -0.1) is 0 Å². The molecule has 8 nitrogen and oxygen atoms in total. The summed E-state index contributed by atoms with van der Waals surface area (Å²) in [6.45, 7) is 9.12. The maximum atomic E-state index is 10.8. The van der Waals surface area contributed by atoms with E-state index in [-0.39, 0.29) is 62.8 Å². The van der Waals surface area contributed by atoms with Gasteiger partial charge in [0.15, 0.2) is 0 Å². The first-order chi connectivity index (χ1) is 32.0. The Labute approximate surface area is 450 Å². The normalized spacial score (nSPS) is 12.7. The van der Waals surface area contributed by atoms with Gasteiger partial charge < -0.3 is 9.11 Å². The molecule has 0 aromatic carbocycles. The zero-order valence-corrected chi connectivity index (χ0v) is 49.1. The molecule has 0 saturated carbocycles. The van der Waals surface area contributed by atoms with Crippen LogP contribution < -0.4 is 0 Å². The third-order valence-corrected chi connectivity index (χ3v) is 14.6. The molecule has 0 spiro atoms. The molecule has 0 aliphatic heterocycles. The molecule has 0 rings (SSSR count). The summed E-state index contributed by atoms with van der Waals surface area (Å²) < 4.78 is 74.1. The van der Waals surface area contributed by atoms with Crippen molar-refractivity contribution >= 4 is 58.5 Å². The summed E-state index contributed by atoms with van der Waals surface area (Å²) in [6.07, 6.45) is 62.0. The fourth-order valence-electron chi connectivity index (χ4n) is 9.37. The van der Waals surface area contributed by atoms with Gasteiger partial charge >= 0.3 is 37.7 Å². The number of hydrogen-bond donors (Lipinski definition) is 0. The van der Waals surface area contributed by atoms with Crippen molar-refractivity contribution in [3.05, 3.63) is 0 Å². The first kappa shape index (κ1) is 72.2. The molecule has 2 atom stereocenters. The van der Waals surface area contributed by atoms with Gasteiger partial charge in [-0.1, -0.05) is 310 Å². The molecular formula is C56H114CaO8S2. The summed E-state index contributed by atoms with van der Waals surface area (Å²) in [7, 11) is -9.15. The van der Waals surface area contributed by atoms with E-state index in [4.69, 9.17) is 0 Å². The van der Waals surface area contributed by atoms with Crippen LogP contribution in [0.1, 0.15) is 336 Å². The van der Waals surface area contributed by atoms with Crippen molar-refractivity contribution in [1.29, 1.82) is 0 Å². The smallest absolute Gasteiger partial charge is 0.726 e.